The van der Waals surface area contributed by atoms with E-state index in [2.05, 4.69) is 109 Å². The average molecular weight is 678 g/mol. The number of hydrogen-bond acceptors (Lipinski definition) is 4. The van der Waals surface area contributed by atoms with E-state index in [1.807, 2.05) is 72.8 Å². The standard InChI is InChI=1S/C49H31N3O/c53-46-42(41-20-10-17-32-12-6-8-18-39(32)41)27-28-43(45(46)35-14-2-1-3-15-35)49-51-47(37-25-21-31-11-4-5-16-36(31)29-37)50-48(52-49)38-26-24-34-23-22-33-13-7-9-19-40(33)44(34)30-38/h1-30,53H. The van der Waals surface area contributed by atoms with Crippen molar-refractivity contribution in [3.63, 3.8) is 0 Å². The van der Waals surface area contributed by atoms with Crippen LogP contribution in [0, 0.1) is 0 Å². The molecule has 4 heteroatoms. The molecule has 0 aliphatic carbocycles. The minimum Gasteiger partial charge on any atom is -0.507 e. The van der Waals surface area contributed by atoms with Crippen molar-refractivity contribution in [1.29, 1.82) is 0 Å². The third-order valence-electron chi connectivity index (χ3n) is 10.2. The van der Waals surface area contributed by atoms with Crippen LogP contribution < -0.4 is 0 Å². The Kier molecular flexibility index (Phi) is 7.26. The number of benzene rings is 9. The Balaban J connectivity index is 1.23. The van der Waals surface area contributed by atoms with E-state index < -0.39 is 0 Å². The predicted octanol–water partition coefficient (Wildman–Crippen LogP) is 12.5. The third-order valence-corrected chi connectivity index (χ3v) is 10.2. The maximum atomic E-state index is 12.3. The van der Waals surface area contributed by atoms with Gasteiger partial charge in [-0.3, -0.25) is 0 Å². The molecule has 10 aromatic rings. The molecule has 248 valence electrons. The first-order valence-electron chi connectivity index (χ1n) is 17.7. The van der Waals surface area contributed by atoms with Crippen molar-refractivity contribution in [2.24, 2.45) is 0 Å². The fourth-order valence-electron chi connectivity index (χ4n) is 7.58. The molecule has 0 saturated carbocycles. The van der Waals surface area contributed by atoms with Crippen LogP contribution in [0.15, 0.2) is 182 Å². The average Bonchev–Trinajstić information content (AvgIpc) is 3.23. The van der Waals surface area contributed by atoms with Crippen molar-refractivity contribution in [2.75, 3.05) is 0 Å². The highest BCUT2D eigenvalue weighted by molar-refractivity contribution is 6.08. The Morgan fingerprint density at radius 1 is 0.302 bits per heavy atom. The number of aromatic nitrogens is 3. The van der Waals surface area contributed by atoms with Crippen molar-refractivity contribution in [3.8, 4) is 62.2 Å². The second-order valence-electron chi connectivity index (χ2n) is 13.4. The summed E-state index contributed by atoms with van der Waals surface area (Å²) < 4.78 is 0. The molecule has 0 aliphatic rings. The smallest absolute Gasteiger partial charge is 0.164 e. The summed E-state index contributed by atoms with van der Waals surface area (Å²) in [4.78, 5) is 15.5. The zero-order chi connectivity index (χ0) is 35.3. The van der Waals surface area contributed by atoms with Crippen LogP contribution in [0.4, 0.5) is 0 Å². The zero-order valence-corrected chi connectivity index (χ0v) is 28.6. The molecule has 0 amide bonds. The van der Waals surface area contributed by atoms with Crippen molar-refractivity contribution >= 4 is 43.1 Å². The van der Waals surface area contributed by atoms with Gasteiger partial charge in [-0.25, -0.2) is 15.0 Å². The molecule has 10 rings (SSSR count). The lowest BCUT2D eigenvalue weighted by Gasteiger charge is -2.17. The molecule has 0 saturated heterocycles. The van der Waals surface area contributed by atoms with E-state index in [4.69, 9.17) is 15.0 Å². The van der Waals surface area contributed by atoms with Gasteiger partial charge in [-0.15, -0.1) is 0 Å². The number of phenolic OH excluding ortho intramolecular Hbond substituents is 1. The topological polar surface area (TPSA) is 58.9 Å². The Hall–Kier alpha value is -7.17. The monoisotopic (exact) mass is 677 g/mol. The SMILES string of the molecule is Oc1c(-c2cccc3ccccc23)ccc(-c2nc(-c3ccc4ccccc4c3)nc(-c3ccc4ccc5ccccc5c4c3)n2)c1-c1ccccc1. The van der Waals surface area contributed by atoms with E-state index in [0.717, 1.165) is 65.7 Å². The van der Waals surface area contributed by atoms with Gasteiger partial charge in [-0.2, -0.15) is 0 Å². The van der Waals surface area contributed by atoms with Gasteiger partial charge >= 0.3 is 0 Å². The first-order chi connectivity index (χ1) is 26.2. The van der Waals surface area contributed by atoms with Gasteiger partial charge < -0.3 is 5.11 Å². The second-order valence-corrected chi connectivity index (χ2v) is 13.4. The Bertz CT molecular complexity index is 3020. The number of fused-ring (bicyclic) bond motifs is 5. The molecule has 0 spiro atoms. The van der Waals surface area contributed by atoms with Gasteiger partial charge in [0.2, 0.25) is 0 Å². The molecule has 0 bridgehead atoms. The van der Waals surface area contributed by atoms with E-state index >= 15 is 0 Å². The molecule has 1 heterocycles. The molecule has 1 aromatic heterocycles. The molecule has 0 aliphatic heterocycles. The summed E-state index contributed by atoms with van der Waals surface area (Å²) in [5.41, 5.74) is 5.73. The van der Waals surface area contributed by atoms with Crippen molar-refractivity contribution in [3.05, 3.63) is 182 Å². The molecular formula is C49H31N3O. The Morgan fingerprint density at radius 2 is 0.830 bits per heavy atom. The summed E-state index contributed by atoms with van der Waals surface area (Å²) in [6.45, 7) is 0. The van der Waals surface area contributed by atoms with E-state index in [-0.39, 0.29) is 5.75 Å². The highest BCUT2D eigenvalue weighted by Gasteiger charge is 2.22. The summed E-state index contributed by atoms with van der Waals surface area (Å²) in [5.74, 6) is 1.78. The summed E-state index contributed by atoms with van der Waals surface area (Å²) >= 11 is 0. The lowest BCUT2D eigenvalue weighted by molar-refractivity contribution is 0.479. The normalized spacial score (nSPS) is 11.5. The van der Waals surface area contributed by atoms with E-state index in [9.17, 15) is 5.11 Å². The quantitative estimate of drug-likeness (QED) is 0.184. The maximum Gasteiger partial charge on any atom is 0.164 e. The van der Waals surface area contributed by atoms with Crippen LogP contribution in [0.3, 0.4) is 0 Å². The summed E-state index contributed by atoms with van der Waals surface area (Å²) in [5, 5.41) is 21.4. The number of nitrogens with zero attached hydrogens (tertiary/aromatic N) is 3. The van der Waals surface area contributed by atoms with E-state index in [1.165, 1.54) is 10.8 Å². The number of aromatic hydroxyl groups is 1. The van der Waals surface area contributed by atoms with Crippen molar-refractivity contribution in [2.45, 2.75) is 0 Å². The van der Waals surface area contributed by atoms with Gasteiger partial charge in [0.15, 0.2) is 17.5 Å². The van der Waals surface area contributed by atoms with Crippen LogP contribution in [-0.2, 0) is 0 Å². The minimum absolute atomic E-state index is 0.177. The molecule has 53 heavy (non-hydrogen) atoms. The summed E-state index contributed by atoms with van der Waals surface area (Å²) in [6, 6.07) is 62.3. The highest BCUT2D eigenvalue weighted by atomic mass is 16.3. The summed E-state index contributed by atoms with van der Waals surface area (Å²) in [7, 11) is 0. The Morgan fingerprint density at radius 3 is 1.60 bits per heavy atom. The number of phenols is 1. The highest BCUT2D eigenvalue weighted by Crippen LogP contribution is 2.45. The van der Waals surface area contributed by atoms with Gasteiger partial charge in [0.1, 0.15) is 5.75 Å². The first-order valence-corrected chi connectivity index (χ1v) is 17.7. The van der Waals surface area contributed by atoms with Gasteiger partial charge in [0.05, 0.1) is 0 Å². The van der Waals surface area contributed by atoms with Gasteiger partial charge in [0.25, 0.3) is 0 Å². The van der Waals surface area contributed by atoms with Crippen LogP contribution >= 0.6 is 0 Å². The largest absolute Gasteiger partial charge is 0.507 e. The second kappa shape index (κ2) is 12.6. The molecule has 0 fully saturated rings. The fraction of sp³-hybridized carbons (Fsp3) is 0. The Labute approximate surface area is 306 Å². The molecule has 9 aromatic carbocycles. The molecule has 4 nitrogen and oxygen atoms in total. The maximum absolute atomic E-state index is 12.3. The fourth-order valence-corrected chi connectivity index (χ4v) is 7.58. The van der Waals surface area contributed by atoms with E-state index in [0.29, 0.717) is 23.0 Å². The first kappa shape index (κ1) is 30.6. The minimum atomic E-state index is 0.177. The van der Waals surface area contributed by atoms with Crippen LogP contribution in [0.5, 0.6) is 5.75 Å². The molecule has 0 unspecified atom stereocenters. The predicted molar refractivity (Wildman–Crippen MR) is 219 cm³/mol. The molecule has 0 atom stereocenters. The lowest BCUT2D eigenvalue weighted by atomic mass is 9.90. The molecular weight excluding hydrogens is 647 g/mol. The van der Waals surface area contributed by atoms with E-state index in [1.54, 1.807) is 0 Å². The molecule has 1 N–H and O–H groups in total. The third kappa shape index (κ3) is 5.36. The van der Waals surface area contributed by atoms with Crippen molar-refractivity contribution in [1.82, 2.24) is 15.0 Å². The molecule has 0 radical (unpaired) electrons. The number of rotatable bonds is 5. The van der Waals surface area contributed by atoms with Crippen LogP contribution in [-0.4, -0.2) is 20.1 Å². The van der Waals surface area contributed by atoms with Crippen LogP contribution in [0.1, 0.15) is 0 Å². The van der Waals surface area contributed by atoms with Gasteiger partial charge in [0, 0.05) is 27.8 Å². The van der Waals surface area contributed by atoms with Crippen molar-refractivity contribution < 1.29 is 5.11 Å². The van der Waals surface area contributed by atoms with Gasteiger partial charge in [-0.05, 0) is 78.5 Å². The summed E-state index contributed by atoms with van der Waals surface area (Å²) in [6.07, 6.45) is 0. The van der Waals surface area contributed by atoms with Gasteiger partial charge in [-0.1, -0.05) is 158 Å². The lowest BCUT2D eigenvalue weighted by Crippen LogP contribution is -2.02. The van der Waals surface area contributed by atoms with Crippen LogP contribution in [0.2, 0.25) is 0 Å². The number of hydrogen-bond donors (Lipinski definition) is 1. The van der Waals surface area contributed by atoms with Crippen LogP contribution in [0.25, 0.3) is 99.5 Å². The zero-order valence-electron chi connectivity index (χ0n) is 28.6.